The SMILES string of the molecule is CC(C)P(/C=C(\[N-]c1ccccc1P(c1ccccc1)c1ccccc1)c1ccccc1)C(C)C. The molecule has 0 fully saturated rings. The average Bonchev–Trinajstić information content (AvgIpc) is 2.89. The lowest BCUT2D eigenvalue weighted by molar-refractivity contribution is 1.02. The minimum Gasteiger partial charge on any atom is -0.657 e. The molecule has 0 aliphatic heterocycles. The van der Waals surface area contributed by atoms with Crippen LogP contribution in [0, 0.1) is 0 Å². The van der Waals surface area contributed by atoms with Crippen molar-refractivity contribution in [2.45, 2.75) is 39.0 Å². The molecule has 0 N–H and O–H groups in total. The molecule has 0 aromatic heterocycles. The highest BCUT2D eigenvalue weighted by molar-refractivity contribution is 7.80. The summed E-state index contributed by atoms with van der Waals surface area (Å²) in [5.74, 6) is 2.46. The smallest absolute Gasteiger partial charge is 0.0147 e. The van der Waals surface area contributed by atoms with Gasteiger partial charge in [-0.05, 0) is 40.7 Å². The Labute approximate surface area is 213 Å². The van der Waals surface area contributed by atoms with Crippen LogP contribution < -0.4 is 15.9 Å². The van der Waals surface area contributed by atoms with E-state index >= 15 is 0 Å². The molecule has 0 radical (unpaired) electrons. The molecule has 35 heavy (non-hydrogen) atoms. The highest BCUT2D eigenvalue weighted by Crippen LogP contribution is 2.51. The zero-order chi connectivity index (χ0) is 24.6. The molecule has 0 amide bonds. The Hall–Kier alpha value is -2.72. The molecule has 4 rings (SSSR count). The molecule has 178 valence electrons. The van der Waals surface area contributed by atoms with Crippen molar-refractivity contribution in [1.82, 2.24) is 0 Å². The third-order valence-electron chi connectivity index (χ3n) is 5.93. The summed E-state index contributed by atoms with van der Waals surface area (Å²) in [6, 6.07) is 41.1. The van der Waals surface area contributed by atoms with E-state index in [0.717, 1.165) is 11.4 Å². The van der Waals surface area contributed by atoms with Gasteiger partial charge in [0.15, 0.2) is 0 Å². The first kappa shape index (κ1) is 25.4. The van der Waals surface area contributed by atoms with Crippen LogP contribution in [-0.2, 0) is 0 Å². The monoisotopic (exact) mass is 494 g/mol. The van der Waals surface area contributed by atoms with E-state index in [0.29, 0.717) is 11.3 Å². The molecule has 0 saturated carbocycles. The highest BCUT2D eigenvalue weighted by Gasteiger charge is 2.18. The minimum absolute atomic E-state index is 0.301. The van der Waals surface area contributed by atoms with Gasteiger partial charge < -0.3 is 5.32 Å². The largest absolute Gasteiger partial charge is 0.657 e. The fourth-order valence-corrected chi connectivity index (χ4v) is 8.93. The van der Waals surface area contributed by atoms with Crippen LogP contribution in [0.4, 0.5) is 5.69 Å². The van der Waals surface area contributed by atoms with Crippen molar-refractivity contribution >= 4 is 43.1 Å². The third kappa shape index (κ3) is 6.49. The Bertz CT molecular complexity index is 1170. The maximum absolute atomic E-state index is 5.40. The number of para-hydroxylation sites is 1. The van der Waals surface area contributed by atoms with Crippen LogP contribution in [0.5, 0.6) is 0 Å². The minimum atomic E-state index is -0.727. The zero-order valence-corrected chi connectivity index (χ0v) is 22.8. The second-order valence-corrected chi connectivity index (χ2v) is 14.5. The molecule has 0 bridgehead atoms. The van der Waals surface area contributed by atoms with E-state index in [1.54, 1.807) is 0 Å². The Morgan fingerprint density at radius 3 is 1.57 bits per heavy atom. The fraction of sp³-hybridized carbons (Fsp3) is 0.188. The van der Waals surface area contributed by atoms with E-state index in [1.807, 2.05) is 0 Å². The molecular weight excluding hydrogens is 460 g/mol. The van der Waals surface area contributed by atoms with Crippen LogP contribution in [0.3, 0.4) is 0 Å². The van der Waals surface area contributed by atoms with Crippen molar-refractivity contribution in [1.29, 1.82) is 0 Å². The number of nitrogens with zero attached hydrogens (tertiary/aromatic N) is 1. The normalized spacial score (nSPS) is 12.1. The van der Waals surface area contributed by atoms with Crippen LogP contribution in [0.2, 0.25) is 0 Å². The Morgan fingerprint density at radius 2 is 1.06 bits per heavy atom. The number of rotatable bonds is 9. The molecular formula is C32H34NP2-. The molecule has 4 aromatic rings. The van der Waals surface area contributed by atoms with Crippen molar-refractivity contribution in [3.63, 3.8) is 0 Å². The molecule has 0 saturated heterocycles. The van der Waals surface area contributed by atoms with E-state index in [1.165, 1.54) is 21.5 Å². The van der Waals surface area contributed by atoms with E-state index in [9.17, 15) is 0 Å². The maximum Gasteiger partial charge on any atom is -0.0147 e. The van der Waals surface area contributed by atoms with E-state index in [2.05, 4.69) is 149 Å². The predicted octanol–water partition coefficient (Wildman–Crippen LogP) is 8.75. The van der Waals surface area contributed by atoms with Gasteiger partial charge in [-0.15, -0.1) is 11.4 Å². The first-order chi connectivity index (χ1) is 17.0. The third-order valence-corrected chi connectivity index (χ3v) is 11.3. The lowest BCUT2D eigenvalue weighted by Crippen LogP contribution is -2.20. The van der Waals surface area contributed by atoms with Crippen molar-refractivity contribution in [3.05, 3.63) is 132 Å². The lowest BCUT2D eigenvalue weighted by Gasteiger charge is -2.34. The topological polar surface area (TPSA) is 14.1 Å². The highest BCUT2D eigenvalue weighted by atomic mass is 31.1. The molecule has 0 aliphatic carbocycles. The summed E-state index contributed by atoms with van der Waals surface area (Å²) < 4.78 is 0. The summed E-state index contributed by atoms with van der Waals surface area (Å²) >= 11 is 0. The van der Waals surface area contributed by atoms with Gasteiger partial charge in [0.05, 0.1) is 0 Å². The number of hydrogen-bond donors (Lipinski definition) is 0. The van der Waals surface area contributed by atoms with Crippen LogP contribution in [0.25, 0.3) is 11.0 Å². The second-order valence-electron chi connectivity index (χ2n) is 9.12. The summed E-state index contributed by atoms with van der Waals surface area (Å²) in [6.45, 7) is 9.34. The molecule has 4 aromatic carbocycles. The van der Waals surface area contributed by atoms with Crippen molar-refractivity contribution in [3.8, 4) is 0 Å². The second kappa shape index (κ2) is 12.3. The van der Waals surface area contributed by atoms with Crippen molar-refractivity contribution < 1.29 is 0 Å². The van der Waals surface area contributed by atoms with E-state index in [4.69, 9.17) is 5.32 Å². The van der Waals surface area contributed by atoms with Gasteiger partial charge in [0.25, 0.3) is 0 Å². The zero-order valence-electron chi connectivity index (χ0n) is 21.0. The summed E-state index contributed by atoms with van der Waals surface area (Å²) in [4.78, 5) is 0. The van der Waals surface area contributed by atoms with Crippen LogP contribution in [-0.4, -0.2) is 11.3 Å². The van der Waals surface area contributed by atoms with Crippen molar-refractivity contribution in [2.75, 3.05) is 0 Å². The summed E-state index contributed by atoms with van der Waals surface area (Å²) in [6.07, 6.45) is 0. The summed E-state index contributed by atoms with van der Waals surface area (Å²) in [5, 5.41) is 9.37. The van der Waals surface area contributed by atoms with E-state index in [-0.39, 0.29) is 7.92 Å². The van der Waals surface area contributed by atoms with Gasteiger partial charge in [0.1, 0.15) is 0 Å². The fourth-order valence-electron chi connectivity index (χ4n) is 4.27. The molecule has 0 atom stereocenters. The van der Waals surface area contributed by atoms with Gasteiger partial charge in [-0.3, -0.25) is 0 Å². The average molecular weight is 495 g/mol. The van der Waals surface area contributed by atoms with Crippen LogP contribution in [0.1, 0.15) is 33.3 Å². The Morgan fingerprint density at radius 1 is 0.600 bits per heavy atom. The van der Waals surface area contributed by atoms with Gasteiger partial charge in [0.2, 0.25) is 0 Å². The molecule has 0 aliphatic rings. The molecule has 0 unspecified atom stereocenters. The van der Waals surface area contributed by atoms with Crippen LogP contribution >= 0.6 is 15.8 Å². The number of benzene rings is 4. The number of hydrogen-bond acceptors (Lipinski definition) is 0. The van der Waals surface area contributed by atoms with Crippen molar-refractivity contribution in [2.24, 2.45) is 0 Å². The predicted molar refractivity (Wildman–Crippen MR) is 160 cm³/mol. The molecule has 1 nitrogen and oxygen atoms in total. The van der Waals surface area contributed by atoms with E-state index < -0.39 is 7.92 Å². The first-order valence-electron chi connectivity index (χ1n) is 12.3. The van der Waals surface area contributed by atoms with Gasteiger partial charge in [-0.2, -0.15) is 0 Å². The summed E-state index contributed by atoms with van der Waals surface area (Å²) in [5.41, 5.74) is 4.55. The van der Waals surface area contributed by atoms with Gasteiger partial charge in [-0.25, -0.2) is 0 Å². The van der Waals surface area contributed by atoms with Gasteiger partial charge in [-0.1, -0.05) is 157 Å². The molecule has 0 spiro atoms. The maximum atomic E-state index is 5.40. The van der Waals surface area contributed by atoms with Crippen LogP contribution in [0.15, 0.2) is 121 Å². The lowest BCUT2D eigenvalue weighted by atomic mass is 10.1. The Balaban J connectivity index is 1.83. The first-order valence-corrected chi connectivity index (χ1v) is 15.2. The standard InChI is InChI=1S/C32H34NP2/c1-25(2)34(26(3)4)24-31(27-16-8-5-9-17-27)33-30-22-14-15-23-32(30)35(28-18-10-6-11-19-28)29-20-12-7-13-21-29/h5-26H,1-4H3/q-1/b31-24-. The van der Waals surface area contributed by atoms with Gasteiger partial charge >= 0.3 is 0 Å². The molecule has 0 heterocycles. The summed E-state index contributed by atoms with van der Waals surface area (Å²) in [7, 11) is -1.03. The van der Waals surface area contributed by atoms with Gasteiger partial charge in [0, 0.05) is 0 Å². The molecule has 3 heteroatoms. The quantitative estimate of drug-likeness (QED) is 0.207. The Kier molecular flexibility index (Phi) is 8.92.